The van der Waals surface area contributed by atoms with Crippen molar-refractivity contribution >= 4 is 23.8 Å². The molecule has 0 aliphatic heterocycles. The van der Waals surface area contributed by atoms with Crippen molar-refractivity contribution in [2.75, 3.05) is 6.26 Å². The van der Waals surface area contributed by atoms with E-state index in [9.17, 15) is 4.79 Å². The van der Waals surface area contributed by atoms with Crippen LogP contribution in [0.25, 0.3) is 5.53 Å². The molecule has 0 amide bonds. The topological polar surface area (TPSA) is 66.4 Å². The molecule has 0 unspecified atom stereocenters. The SMILES string of the molecule is CSc1ccc(C(=O)C=[N+]=[N-])cn1. The highest BCUT2D eigenvalue weighted by Crippen LogP contribution is 2.10. The van der Waals surface area contributed by atoms with Gasteiger partial charge < -0.3 is 5.53 Å². The molecular weight excluding hydrogens is 186 g/mol. The van der Waals surface area contributed by atoms with Gasteiger partial charge in [0.1, 0.15) is 0 Å². The van der Waals surface area contributed by atoms with E-state index in [0.717, 1.165) is 11.2 Å². The van der Waals surface area contributed by atoms with Crippen molar-refractivity contribution in [3.8, 4) is 0 Å². The van der Waals surface area contributed by atoms with Gasteiger partial charge in [0.25, 0.3) is 5.78 Å². The summed E-state index contributed by atoms with van der Waals surface area (Å²) in [5.74, 6) is -0.359. The summed E-state index contributed by atoms with van der Waals surface area (Å²) < 4.78 is 0. The summed E-state index contributed by atoms with van der Waals surface area (Å²) in [5, 5.41) is 0.845. The van der Waals surface area contributed by atoms with Crippen LogP contribution in [-0.2, 0) is 0 Å². The Morgan fingerprint density at radius 2 is 2.46 bits per heavy atom. The summed E-state index contributed by atoms with van der Waals surface area (Å²) in [7, 11) is 0. The molecule has 0 aliphatic rings. The Morgan fingerprint density at radius 1 is 1.69 bits per heavy atom. The van der Waals surface area contributed by atoms with Crippen LogP contribution in [0.2, 0.25) is 0 Å². The maximum Gasteiger partial charge on any atom is 0.328 e. The molecule has 66 valence electrons. The Morgan fingerprint density at radius 3 is 2.92 bits per heavy atom. The number of hydrogen-bond acceptors (Lipinski definition) is 3. The Bertz CT molecular complexity index is 354. The molecule has 0 aromatic carbocycles. The van der Waals surface area contributed by atoms with Crippen molar-refractivity contribution in [3.05, 3.63) is 29.4 Å². The van der Waals surface area contributed by atoms with Gasteiger partial charge >= 0.3 is 6.21 Å². The fourth-order valence-electron chi connectivity index (χ4n) is 0.774. The first-order chi connectivity index (χ1) is 6.27. The predicted octanol–water partition coefficient (Wildman–Crippen LogP) is 1.29. The zero-order chi connectivity index (χ0) is 9.68. The summed E-state index contributed by atoms with van der Waals surface area (Å²) in [5.41, 5.74) is 8.54. The van der Waals surface area contributed by atoms with Crippen molar-refractivity contribution in [2.24, 2.45) is 0 Å². The highest BCUT2D eigenvalue weighted by molar-refractivity contribution is 7.98. The van der Waals surface area contributed by atoms with E-state index >= 15 is 0 Å². The van der Waals surface area contributed by atoms with E-state index in [1.54, 1.807) is 12.1 Å². The predicted molar refractivity (Wildman–Crippen MR) is 50.0 cm³/mol. The van der Waals surface area contributed by atoms with E-state index in [1.807, 2.05) is 6.26 Å². The first kappa shape index (κ1) is 9.64. The van der Waals surface area contributed by atoms with Crippen molar-refractivity contribution in [1.82, 2.24) is 4.98 Å². The molecule has 0 atom stereocenters. The number of thioether (sulfide) groups is 1. The first-order valence-corrected chi connectivity index (χ1v) is 4.72. The monoisotopic (exact) mass is 193 g/mol. The van der Waals surface area contributed by atoms with E-state index in [2.05, 4.69) is 9.77 Å². The molecule has 0 aliphatic carbocycles. The van der Waals surface area contributed by atoms with Gasteiger partial charge in [0, 0.05) is 11.8 Å². The Hall–Kier alpha value is -1.45. The number of carbonyl (C=O) groups is 1. The number of ketones is 1. The van der Waals surface area contributed by atoms with Crippen LogP contribution in [-0.4, -0.2) is 28.0 Å². The Kier molecular flexibility index (Phi) is 3.37. The average Bonchev–Trinajstić information content (AvgIpc) is 2.18. The number of hydrogen-bond donors (Lipinski definition) is 0. The maximum absolute atomic E-state index is 11.1. The largest absolute Gasteiger partial charge is 0.361 e. The lowest BCUT2D eigenvalue weighted by Crippen LogP contribution is -2.01. The highest BCUT2D eigenvalue weighted by atomic mass is 32.2. The second-order valence-electron chi connectivity index (χ2n) is 2.20. The number of Topliss-reactive ketones (excluding diaryl/α,β-unsaturated/α-hetero) is 1. The standard InChI is InChI=1S/C8H7N3OS/c1-13-8-3-2-6(4-10-8)7(12)5-11-9/h2-5H,1H3. The molecule has 1 rings (SSSR count). The van der Waals surface area contributed by atoms with Crippen LogP contribution in [0.15, 0.2) is 23.4 Å². The van der Waals surface area contributed by atoms with Gasteiger partial charge in [0.2, 0.25) is 0 Å². The molecule has 1 heterocycles. The van der Waals surface area contributed by atoms with Gasteiger partial charge in [-0.1, -0.05) is 0 Å². The summed E-state index contributed by atoms with van der Waals surface area (Å²) in [6, 6.07) is 3.38. The van der Waals surface area contributed by atoms with Crippen LogP contribution in [0.4, 0.5) is 0 Å². The van der Waals surface area contributed by atoms with Crippen molar-refractivity contribution in [3.63, 3.8) is 0 Å². The van der Waals surface area contributed by atoms with E-state index in [1.165, 1.54) is 18.0 Å². The number of rotatable bonds is 3. The zero-order valence-corrected chi connectivity index (χ0v) is 7.78. The van der Waals surface area contributed by atoms with Crippen LogP contribution in [0.3, 0.4) is 0 Å². The summed E-state index contributed by atoms with van der Waals surface area (Å²) >= 11 is 1.50. The van der Waals surface area contributed by atoms with Crippen LogP contribution < -0.4 is 0 Å². The fourth-order valence-corrected chi connectivity index (χ4v) is 1.14. The minimum atomic E-state index is -0.359. The van der Waals surface area contributed by atoms with Gasteiger partial charge in [0.15, 0.2) is 0 Å². The lowest BCUT2D eigenvalue weighted by molar-refractivity contribution is 0.00234. The van der Waals surface area contributed by atoms with Crippen LogP contribution in [0.1, 0.15) is 10.4 Å². The molecule has 4 nitrogen and oxygen atoms in total. The fraction of sp³-hybridized carbons (Fsp3) is 0.125. The lowest BCUT2D eigenvalue weighted by Gasteiger charge is -1.94. The van der Waals surface area contributed by atoms with Gasteiger partial charge in [-0.3, -0.25) is 4.79 Å². The van der Waals surface area contributed by atoms with E-state index < -0.39 is 0 Å². The van der Waals surface area contributed by atoms with Gasteiger partial charge in [-0.05, 0) is 18.4 Å². The van der Waals surface area contributed by atoms with Gasteiger partial charge in [-0.25, -0.2) is 4.98 Å². The summed E-state index contributed by atoms with van der Waals surface area (Å²) in [6.07, 6.45) is 4.20. The second-order valence-corrected chi connectivity index (χ2v) is 3.02. The molecule has 0 bridgehead atoms. The lowest BCUT2D eigenvalue weighted by atomic mass is 10.2. The Labute approximate surface area is 79.6 Å². The number of aromatic nitrogens is 1. The minimum absolute atomic E-state index is 0.359. The third-order valence-electron chi connectivity index (χ3n) is 1.40. The molecular formula is C8H7N3OS. The van der Waals surface area contributed by atoms with E-state index in [4.69, 9.17) is 5.53 Å². The molecule has 0 saturated carbocycles. The minimum Gasteiger partial charge on any atom is -0.361 e. The number of pyridine rings is 1. The molecule has 0 spiro atoms. The molecule has 0 saturated heterocycles. The molecule has 1 aromatic heterocycles. The summed E-state index contributed by atoms with van der Waals surface area (Å²) in [4.78, 5) is 17.7. The molecule has 13 heavy (non-hydrogen) atoms. The van der Waals surface area contributed by atoms with Gasteiger partial charge in [0.05, 0.1) is 5.03 Å². The van der Waals surface area contributed by atoms with Gasteiger partial charge in [-0.15, -0.1) is 11.8 Å². The van der Waals surface area contributed by atoms with Crippen molar-refractivity contribution in [1.29, 1.82) is 0 Å². The van der Waals surface area contributed by atoms with Crippen LogP contribution >= 0.6 is 11.8 Å². The molecule has 0 N–H and O–H groups in total. The second kappa shape index (κ2) is 4.54. The number of carbonyl (C=O) groups excluding carboxylic acids is 1. The number of nitrogens with zero attached hydrogens (tertiary/aromatic N) is 3. The molecule has 0 fully saturated rings. The Balaban J connectivity index is 2.92. The summed E-state index contributed by atoms with van der Waals surface area (Å²) in [6.45, 7) is 0. The van der Waals surface area contributed by atoms with E-state index in [0.29, 0.717) is 5.56 Å². The smallest absolute Gasteiger partial charge is 0.328 e. The van der Waals surface area contributed by atoms with Gasteiger partial charge in [-0.2, -0.15) is 4.79 Å². The van der Waals surface area contributed by atoms with Crippen molar-refractivity contribution in [2.45, 2.75) is 5.03 Å². The van der Waals surface area contributed by atoms with Crippen LogP contribution in [0, 0.1) is 0 Å². The maximum atomic E-state index is 11.1. The third-order valence-corrected chi connectivity index (χ3v) is 2.06. The molecule has 1 aromatic rings. The van der Waals surface area contributed by atoms with Crippen molar-refractivity contribution < 1.29 is 9.58 Å². The normalized spacial score (nSPS) is 9.00. The molecule has 5 heteroatoms. The third kappa shape index (κ3) is 2.50. The van der Waals surface area contributed by atoms with E-state index in [-0.39, 0.29) is 5.78 Å². The van der Waals surface area contributed by atoms with Crippen LogP contribution in [0.5, 0.6) is 0 Å². The first-order valence-electron chi connectivity index (χ1n) is 3.49. The molecule has 0 radical (unpaired) electrons. The average molecular weight is 193 g/mol. The zero-order valence-electron chi connectivity index (χ0n) is 6.97. The quantitative estimate of drug-likeness (QED) is 0.239. The highest BCUT2D eigenvalue weighted by Gasteiger charge is 2.06.